The number of aliphatic hydroxyl groups excluding tert-OH is 1. The number of H-pyrrole nitrogens is 1. The number of nitrogens with two attached hydrogens (primary N) is 1. The van der Waals surface area contributed by atoms with E-state index in [1.54, 1.807) is 7.11 Å². The Morgan fingerprint density at radius 2 is 1.57 bits per heavy atom. The third-order valence-corrected chi connectivity index (χ3v) is 5.17. The van der Waals surface area contributed by atoms with E-state index in [9.17, 15) is 5.11 Å². The van der Waals surface area contributed by atoms with Crippen LogP contribution >= 0.6 is 0 Å². The Morgan fingerprint density at radius 1 is 0.867 bits per heavy atom. The predicted molar refractivity (Wildman–Crippen MR) is 118 cm³/mol. The molecule has 0 spiro atoms. The van der Waals surface area contributed by atoms with Crippen molar-refractivity contribution in [1.82, 2.24) is 4.98 Å². The summed E-state index contributed by atoms with van der Waals surface area (Å²) in [5.41, 5.74) is 8.20. The molecule has 0 radical (unpaired) electrons. The quantitative estimate of drug-likeness (QED) is 0.393. The highest BCUT2D eigenvalue weighted by Gasteiger charge is 2.17. The highest BCUT2D eigenvalue weighted by molar-refractivity contribution is 6.10. The molecule has 0 aliphatic heterocycles. The van der Waals surface area contributed by atoms with Crippen molar-refractivity contribution >= 4 is 21.8 Å². The second-order valence-electron chi connectivity index (χ2n) is 7.18. The smallest absolute Gasteiger partial charge is 0.161 e. The number of nitrogens with one attached hydrogen (secondary N) is 1. The van der Waals surface area contributed by atoms with Gasteiger partial charge in [-0.3, -0.25) is 0 Å². The van der Waals surface area contributed by atoms with E-state index in [0.717, 1.165) is 27.6 Å². The van der Waals surface area contributed by atoms with Crippen molar-refractivity contribution in [2.24, 2.45) is 5.73 Å². The van der Waals surface area contributed by atoms with Crippen LogP contribution in [0.15, 0.2) is 66.7 Å². The number of methoxy groups -OCH3 is 1. The zero-order chi connectivity index (χ0) is 20.9. The number of fused-ring (bicyclic) bond motifs is 3. The molecule has 0 aliphatic rings. The number of para-hydroxylation sites is 3. The van der Waals surface area contributed by atoms with Gasteiger partial charge in [0.1, 0.15) is 18.5 Å². The number of hydrogen-bond donors (Lipinski definition) is 3. The van der Waals surface area contributed by atoms with E-state index in [2.05, 4.69) is 11.1 Å². The van der Waals surface area contributed by atoms with Crippen molar-refractivity contribution in [2.45, 2.75) is 18.6 Å². The first-order chi connectivity index (χ1) is 14.7. The number of rotatable bonds is 9. The molecule has 3 aromatic carbocycles. The van der Waals surface area contributed by atoms with Crippen molar-refractivity contribution < 1.29 is 19.3 Å². The van der Waals surface area contributed by atoms with Crippen molar-refractivity contribution in [3.8, 4) is 17.2 Å². The van der Waals surface area contributed by atoms with Gasteiger partial charge in [0.25, 0.3) is 0 Å². The highest BCUT2D eigenvalue weighted by Crippen LogP contribution is 2.33. The van der Waals surface area contributed by atoms with E-state index >= 15 is 0 Å². The summed E-state index contributed by atoms with van der Waals surface area (Å²) in [6, 6.07) is 20.9. The van der Waals surface area contributed by atoms with Crippen LogP contribution in [0.25, 0.3) is 21.8 Å². The Labute approximate surface area is 175 Å². The van der Waals surface area contributed by atoms with Gasteiger partial charge in [0, 0.05) is 22.3 Å². The topological polar surface area (TPSA) is 89.7 Å². The number of aliphatic hydroxyl groups is 1. The number of ether oxygens (including phenoxy) is 3. The Morgan fingerprint density at radius 3 is 2.40 bits per heavy atom. The zero-order valence-corrected chi connectivity index (χ0v) is 16.9. The van der Waals surface area contributed by atoms with Gasteiger partial charge in [-0.15, -0.1) is 0 Å². The lowest BCUT2D eigenvalue weighted by Crippen LogP contribution is -2.39. The van der Waals surface area contributed by atoms with E-state index in [-0.39, 0.29) is 6.61 Å². The van der Waals surface area contributed by atoms with Crippen LogP contribution in [-0.2, 0) is 0 Å². The molecule has 4 rings (SSSR count). The molecule has 4 N–H and O–H groups in total. The molecule has 0 saturated heterocycles. The second kappa shape index (κ2) is 9.07. The summed E-state index contributed by atoms with van der Waals surface area (Å²) in [5, 5.41) is 12.6. The van der Waals surface area contributed by atoms with Gasteiger partial charge in [0.2, 0.25) is 0 Å². The Bertz CT molecular complexity index is 1120. The lowest BCUT2D eigenvalue weighted by molar-refractivity contribution is 0.0781. The average Bonchev–Trinajstić information content (AvgIpc) is 3.17. The molecular weight excluding hydrogens is 380 g/mol. The van der Waals surface area contributed by atoms with Gasteiger partial charge in [0.15, 0.2) is 11.5 Å². The fourth-order valence-electron chi connectivity index (χ4n) is 3.52. The summed E-state index contributed by atoms with van der Waals surface area (Å²) in [6.45, 7) is 0.477. The summed E-state index contributed by atoms with van der Waals surface area (Å²) < 4.78 is 17.0. The third-order valence-electron chi connectivity index (χ3n) is 5.17. The first kappa shape index (κ1) is 20.1. The largest absolute Gasteiger partial charge is 0.493 e. The van der Waals surface area contributed by atoms with Gasteiger partial charge >= 0.3 is 0 Å². The summed E-state index contributed by atoms with van der Waals surface area (Å²) in [4.78, 5) is 3.39. The van der Waals surface area contributed by atoms with Crippen molar-refractivity contribution in [3.63, 3.8) is 0 Å². The summed E-state index contributed by atoms with van der Waals surface area (Å²) in [5.74, 6) is 2.05. The number of hydrogen-bond acceptors (Lipinski definition) is 5. The van der Waals surface area contributed by atoms with Crippen molar-refractivity contribution in [1.29, 1.82) is 0 Å². The van der Waals surface area contributed by atoms with E-state index in [4.69, 9.17) is 19.9 Å². The van der Waals surface area contributed by atoms with E-state index in [0.29, 0.717) is 24.5 Å². The normalized spacial score (nSPS) is 13.3. The van der Waals surface area contributed by atoms with Crippen LogP contribution in [0.4, 0.5) is 0 Å². The molecule has 0 amide bonds. The standard InChI is InChI=1S/C24H26N2O4/c1-28-21-10-4-5-11-22(21)29-14-13-17(25)20(27)15-30-23-12-6-9-19-24(23)16-7-2-3-8-18(16)26-19/h2-12,17,20,26-27H,13-15,25H2,1H3. The van der Waals surface area contributed by atoms with E-state index in [1.165, 1.54) is 0 Å². The first-order valence-corrected chi connectivity index (χ1v) is 9.99. The fourth-order valence-corrected chi connectivity index (χ4v) is 3.52. The summed E-state index contributed by atoms with van der Waals surface area (Å²) >= 11 is 0. The SMILES string of the molecule is COc1ccccc1OCCC(N)C(O)COc1cccc2[nH]c3ccccc3c12. The number of benzene rings is 3. The minimum absolute atomic E-state index is 0.106. The molecule has 1 heterocycles. The van der Waals surface area contributed by atoms with Gasteiger partial charge in [0.05, 0.1) is 19.2 Å². The van der Waals surface area contributed by atoms with E-state index in [1.807, 2.05) is 60.7 Å². The summed E-state index contributed by atoms with van der Waals surface area (Å²) in [6.07, 6.45) is -0.327. The summed E-state index contributed by atoms with van der Waals surface area (Å²) in [7, 11) is 1.60. The van der Waals surface area contributed by atoms with Crippen LogP contribution in [0.1, 0.15) is 6.42 Å². The Hall–Kier alpha value is -3.22. The Balaban J connectivity index is 1.36. The fraction of sp³-hybridized carbons (Fsp3) is 0.250. The lowest BCUT2D eigenvalue weighted by atomic mass is 10.1. The van der Waals surface area contributed by atoms with E-state index < -0.39 is 12.1 Å². The van der Waals surface area contributed by atoms with Gasteiger partial charge in [-0.25, -0.2) is 0 Å². The molecule has 0 aliphatic carbocycles. The molecule has 6 heteroatoms. The van der Waals surface area contributed by atoms with Gasteiger partial charge in [-0.05, 0) is 36.8 Å². The van der Waals surface area contributed by atoms with Crippen LogP contribution in [0.3, 0.4) is 0 Å². The molecule has 30 heavy (non-hydrogen) atoms. The molecule has 1 aromatic heterocycles. The zero-order valence-electron chi connectivity index (χ0n) is 16.9. The monoisotopic (exact) mass is 406 g/mol. The molecular formula is C24H26N2O4. The average molecular weight is 406 g/mol. The minimum atomic E-state index is -0.813. The molecule has 0 bridgehead atoms. The highest BCUT2D eigenvalue weighted by atomic mass is 16.5. The predicted octanol–water partition coefficient (Wildman–Crippen LogP) is 3.87. The van der Waals surface area contributed by atoms with Gasteiger partial charge in [-0.1, -0.05) is 36.4 Å². The van der Waals surface area contributed by atoms with Gasteiger partial charge in [-0.2, -0.15) is 0 Å². The van der Waals surface area contributed by atoms with Crippen LogP contribution in [0.5, 0.6) is 17.2 Å². The Kier molecular flexibility index (Phi) is 6.07. The molecule has 156 valence electrons. The molecule has 2 unspecified atom stereocenters. The first-order valence-electron chi connectivity index (χ1n) is 9.99. The molecule has 2 atom stereocenters. The second-order valence-corrected chi connectivity index (χ2v) is 7.18. The molecule has 4 aromatic rings. The maximum absolute atomic E-state index is 10.5. The molecule has 0 fully saturated rings. The molecule has 0 saturated carbocycles. The molecule has 6 nitrogen and oxygen atoms in total. The van der Waals surface area contributed by atoms with Crippen molar-refractivity contribution in [3.05, 3.63) is 66.7 Å². The van der Waals surface area contributed by atoms with Gasteiger partial charge < -0.3 is 30.0 Å². The lowest BCUT2D eigenvalue weighted by Gasteiger charge is -2.20. The van der Waals surface area contributed by atoms with Crippen LogP contribution in [0, 0.1) is 0 Å². The minimum Gasteiger partial charge on any atom is -0.493 e. The third kappa shape index (κ3) is 4.20. The van der Waals surface area contributed by atoms with Crippen LogP contribution in [-0.4, -0.2) is 42.6 Å². The maximum atomic E-state index is 10.5. The number of aromatic nitrogens is 1. The maximum Gasteiger partial charge on any atom is 0.161 e. The van der Waals surface area contributed by atoms with Crippen molar-refractivity contribution in [2.75, 3.05) is 20.3 Å². The number of aromatic amines is 1. The van der Waals surface area contributed by atoms with Crippen LogP contribution < -0.4 is 19.9 Å². The van der Waals surface area contributed by atoms with Crippen LogP contribution in [0.2, 0.25) is 0 Å².